The molecule has 1 rings (SSSR count). The molecule has 1 aromatic rings. The van der Waals surface area contributed by atoms with E-state index in [1.807, 2.05) is 6.07 Å². The fourth-order valence-corrected chi connectivity index (χ4v) is 0.884. The summed E-state index contributed by atoms with van der Waals surface area (Å²) in [7, 11) is 0. The largest absolute Gasteiger partial charge is 0.463 e. The van der Waals surface area contributed by atoms with Gasteiger partial charge in [-0.15, -0.1) is 0 Å². The van der Waals surface area contributed by atoms with Crippen molar-refractivity contribution in [2.45, 2.75) is 13.8 Å². The lowest BCUT2D eigenvalue weighted by atomic mass is 10.3. The Morgan fingerprint density at radius 2 is 1.84 bits per heavy atom. The van der Waals surface area contributed by atoms with Gasteiger partial charge in [-0.25, -0.2) is 9.59 Å². The van der Waals surface area contributed by atoms with Crippen molar-refractivity contribution in [2.75, 3.05) is 6.61 Å². The van der Waals surface area contributed by atoms with Crippen molar-refractivity contribution in [3.8, 4) is 5.75 Å². The molecule has 19 heavy (non-hydrogen) atoms. The van der Waals surface area contributed by atoms with E-state index in [2.05, 4.69) is 17.9 Å². The minimum atomic E-state index is -0.388. The van der Waals surface area contributed by atoms with Crippen LogP contribution < -0.4 is 4.74 Å². The monoisotopic (exact) mass is 262 g/mol. The van der Waals surface area contributed by atoms with Crippen molar-refractivity contribution in [1.82, 2.24) is 0 Å². The first kappa shape index (κ1) is 16.6. The van der Waals surface area contributed by atoms with Gasteiger partial charge < -0.3 is 9.47 Å². The number of carbonyl (C=O) groups excluding carboxylic acids is 2. The maximum absolute atomic E-state index is 11.0. The predicted molar refractivity (Wildman–Crippen MR) is 73.7 cm³/mol. The second kappa shape index (κ2) is 9.65. The van der Waals surface area contributed by atoms with Crippen molar-refractivity contribution in [3.05, 3.63) is 55.1 Å². The van der Waals surface area contributed by atoms with Crippen molar-refractivity contribution >= 4 is 11.9 Å². The molecule has 0 aliphatic rings. The first-order valence-corrected chi connectivity index (χ1v) is 5.73. The van der Waals surface area contributed by atoms with Gasteiger partial charge in [-0.05, 0) is 26.0 Å². The molecule has 0 amide bonds. The summed E-state index contributed by atoms with van der Waals surface area (Å²) in [5.41, 5.74) is 0.402. The van der Waals surface area contributed by atoms with Gasteiger partial charge in [-0.1, -0.05) is 31.4 Å². The molecular weight excluding hydrogens is 244 g/mol. The van der Waals surface area contributed by atoms with Gasteiger partial charge >= 0.3 is 11.9 Å². The Morgan fingerprint density at radius 1 is 1.26 bits per heavy atom. The lowest BCUT2D eigenvalue weighted by Gasteiger charge is -2.01. The van der Waals surface area contributed by atoms with Crippen molar-refractivity contribution in [3.63, 3.8) is 0 Å². The SMILES string of the molecule is C=C(C)C(=O)Oc1ccccc1.C=CC(=O)OCC. The fourth-order valence-electron chi connectivity index (χ4n) is 0.884. The number of rotatable bonds is 4. The average molecular weight is 262 g/mol. The summed E-state index contributed by atoms with van der Waals surface area (Å²) in [6, 6.07) is 8.92. The molecule has 0 spiro atoms. The molecule has 0 saturated heterocycles. The molecule has 0 saturated carbocycles. The van der Waals surface area contributed by atoms with E-state index in [1.165, 1.54) is 0 Å². The Hall–Kier alpha value is -2.36. The summed E-state index contributed by atoms with van der Waals surface area (Å²) >= 11 is 0. The molecule has 102 valence electrons. The van der Waals surface area contributed by atoms with E-state index in [4.69, 9.17) is 4.74 Å². The number of ether oxygens (including phenoxy) is 2. The van der Waals surface area contributed by atoms with Crippen LogP contribution in [0.1, 0.15) is 13.8 Å². The molecule has 0 unspecified atom stereocenters. The van der Waals surface area contributed by atoms with Crippen molar-refractivity contribution < 1.29 is 19.1 Å². The third-order valence-corrected chi connectivity index (χ3v) is 1.76. The van der Waals surface area contributed by atoms with Gasteiger partial charge in [-0.2, -0.15) is 0 Å². The van der Waals surface area contributed by atoms with Crippen molar-refractivity contribution in [2.24, 2.45) is 0 Å². The first-order valence-electron chi connectivity index (χ1n) is 5.73. The number of hydrogen-bond acceptors (Lipinski definition) is 4. The van der Waals surface area contributed by atoms with Crippen LogP contribution in [0.5, 0.6) is 5.75 Å². The Balaban J connectivity index is 0.000000399. The topological polar surface area (TPSA) is 52.6 Å². The maximum atomic E-state index is 11.0. The lowest BCUT2D eigenvalue weighted by molar-refractivity contribution is -0.137. The molecular formula is C15H18O4. The van der Waals surface area contributed by atoms with Crippen LogP contribution in [0.4, 0.5) is 0 Å². The molecule has 0 fully saturated rings. The summed E-state index contributed by atoms with van der Waals surface area (Å²) in [6.45, 7) is 10.5. The van der Waals surface area contributed by atoms with E-state index in [0.29, 0.717) is 17.9 Å². The maximum Gasteiger partial charge on any atom is 0.338 e. The molecule has 4 heteroatoms. The van der Waals surface area contributed by atoms with Gasteiger partial charge in [0.15, 0.2) is 0 Å². The molecule has 0 aliphatic heterocycles. The van der Waals surface area contributed by atoms with Crippen LogP contribution in [0.3, 0.4) is 0 Å². The van der Waals surface area contributed by atoms with E-state index in [0.717, 1.165) is 6.08 Å². The molecule has 0 N–H and O–H groups in total. The highest BCUT2D eigenvalue weighted by molar-refractivity contribution is 5.88. The Kier molecular flexibility index (Phi) is 8.45. The van der Waals surface area contributed by atoms with Gasteiger partial charge in [0, 0.05) is 11.6 Å². The van der Waals surface area contributed by atoms with Crippen LogP contribution in [0.15, 0.2) is 55.1 Å². The summed E-state index contributed by atoms with van der Waals surface area (Å²) in [5.74, 6) is -0.200. The number of para-hydroxylation sites is 1. The minimum absolute atomic E-state index is 0.359. The van der Waals surface area contributed by atoms with Gasteiger partial charge in [-0.3, -0.25) is 0 Å². The number of hydrogen-bond donors (Lipinski definition) is 0. The highest BCUT2D eigenvalue weighted by Crippen LogP contribution is 2.09. The number of carbonyl (C=O) groups is 2. The summed E-state index contributed by atoms with van der Waals surface area (Å²) < 4.78 is 9.37. The molecule has 0 atom stereocenters. The van der Waals surface area contributed by atoms with E-state index >= 15 is 0 Å². The molecule has 0 aromatic heterocycles. The summed E-state index contributed by atoms with van der Waals surface area (Å²) in [4.78, 5) is 21.1. The molecule has 0 radical (unpaired) electrons. The average Bonchev–Trinajstić information content (AvgIpc) is 2.40. The molecule has 4 nitrogen and oxygen atoms in total. The second-order valence-electron chi connectivity index (χ2n) is 3.44. The van der Waals surface area contributed by atoms with Crippen LogP contribution in [0.25, 0.3) is 0 Å². The zero-order valence-electron chi connectivity index (χ0n) is 11.2. The molecule has 0 bridgehead atoms. The van der Waals surface area contributed by atoms with Crippen LogP contribution in [0.2, 0.25) is 0 Å². The zero-order valence-corrected chi connectivity index (χ0v) is 11.2. The molecule has 1 aromatic carbocycles. The minimum Gasteiger partial charge on any atom is -0.463 e. The van der Waals surface area contributed by atoms with E-state index in [9.17, 15) is 9.59 Å². The molecule has 0 heterocycles. The highest BCUT2D eigenvalue weighted by Gasteiger charge is 2.03. The van der Waals surface area contributed by atoms with Gasteiger partial charge in [0.05, 0.1) is 6.61 Å². The molecule has 0 aliphatic carbocycles. The Bertz CT molecular complexity index is 435. The van der Waals surface area contributed by atoms with Gasteiger partial charge in [0.1, 0.15) is 5.75 Å². The van der Waals surface area contributed by atoms with E-state index in [-0.39, 0.29) is 11.9 Å². The lowest BCUT2D eigenvalue weighted by Crippen LogP contribution is -2.07. The normalized spacial score (nSPS) is 8.53. The third-order valence-electron chi connectivity index (χ3n) is 1.76. The van der Waals surface area contributed by atoms with E-state index in [1.54, 1.807) is 38.1 Å². The fraction of sp³-hybridized carbons (Fsp3) is 0.200. The van der Waals surface area contributed by atoms with Crippen LogP contribution >= 0.6 is 0 Å². The highest BCUT2D eigenvalue weighted by atomic mass is 16.5. The van der Waals surface area contributed by atoms with Crippen molar-refractivity contribution in [1.29, 1.82) is 0 Å². The standard InChI is InChI=1S/C10H10O2.C5H8O2/c1-8(2)10(11)12-9-6-4-3-5-7-9;1-3-5(6)7-4-2/h3-7H,1H2,2H3;3H,1,4H2,2H3. The number of benzene rings is 1. The number of esters is 2. The van der Waals surface area contributed by atoms with Crippen LogP contribution in [0, 0.1) is 0 Å². The Labute approximate surface area is 113 Å². The second-order valence-corrected chi connectivity index (χ2v) is 3.44. The first-order chi connectivity index (χ1) is 9.01. The smallest absolute Gasteiger partial charge is 0.338 e. The summed E-state index contributed by atoms with van der Waals surface area (Å²) in [6.07, 6.45) is 1.14. The third kappa shape index (κ3) is 8.37. The zero-order chi connectivity index (χ0) is 14.7. The van der Waals surface area contributed by atoms with Crippen LogP contribution in [-0.4, -0.2) is 18.5 Å². The summed E-state index contributed by atoms with van der Waals surface area (Å²) in [5, 5.41) is 0. The van der Waals surface area contributed by atoms with Crippen LogP contribution in [-0.2, 0) is 14.3 Å². The Morgan fingerprint density at radius 3 is 2.21 bits per heavy atom. The van der Waals surface area contributed by atoms with Gasteiger partial charge in [0.25, 0.3) is 0 Å². The van der Waals surface area contributed by atoms with Gasteiger partial charge in [0.2, 0.25) is 0 Å². The predicted octanol–water partition coefficient (Wildman–Crippen LogP) is 2.90. The quantitative estimate of drug-likeness (QED) is 0.475. The van der Waals surface area contributed by atoms with E-state index < -0.39 is 0 Å².